The van der Waals surface area contributed by atoms with Crippen LogP contribution in [-0.2, 0) is 4.74 Å². The van der Waals surface area contributed by atoms with Gasteiger partial charge in [-0.2, -0.15) is 0 Å². The van der Waals surface area contributed by atoms with Crippen molar-refractivity contribution in [2.75, 3.05) is 6.54 Å². The molecule has 1 N–H and O–H groups in total. The number of hydrogen-bond donors (Lipinski definition) is 1. The molecule has 3 aliphatic rings. The number of rotatable bonds is 5. The van der Waals surface area contributed by atoms with Gasteiger partial charge in [-0.05, 0) is 57.4 Å². The molecule has 2 nitrogen and oxygen atoms in total. The van der Waals surface area contributed by atoms with Crippen LogP contribution in [0.5, 0.6) is 0 Å². The van der Waals surface area contributed by atoms with Gasteiger partial charge >= 0.3 is 0 Å². The molecule has 3 fully saturated rings. The van der Waals surface area contributed by atoms with Crippen molar-refractivity contribution < 1.29 is 4.74 Å². The summed E-state index contributed by atoms with van der Waals surface area (Å²) < 4.78 is 6.48. The Morgan fingerprint density at radius 1 is 1.05 bits per heavy atom. The Hall–Kier alpha value is -0.0800. The number of hydrogen-bond acceptors (Lipinski definition) is 2. The van der Waals surface area contributed by atoms with Crippen molar-refractivity contribution in [1.29, 1.82) is 0 Å². The van der Waals surface area contributed by atoms with Gasteiger partial charge in [0.2, 0.25) is 0 Å². The van der Waals surface area contributed by atoms with Gasteiger partial charge in [-0.25, -0.2) is 0 Å². The fourth-order valence-electron chi connectivity index (χ4n) is 4.14. The fraction of sp³-hybridized carbons (Fsp3) is 1.00. The third-order valence-electron chi connectivity index (χ3n) is 5.63. The summed E-state index contributed by atoms with van der Waals surface area (Å²) in [7, 11) is 0. The Kier molecular flexibility index (Phi) is 4.48. The molecule has 0 radical (unpaired) electrons. The topological polar surface area (TPSA) is 21.3 Å². The molecule has 2 atom stereocenters. The van der Waals surface area contributed by atoms with Gasteiger partial charge in [-0.15, -0.1) is 0 Å². The normalized spacial score (nSPS) is 32.4. The maximum absolute atomic E-state index is 6.48. The van der Waals surface area contributed by atoms with Gasteiger partial charge < -0.3 is 10.1 Å². The van der Waals surface area contributed by atoms with Crippen molar-refractivity contribution in [3.05, 3.63) is 0 Å². The van der Waals surface area contributed by atoms with Gasteiger partial charge in [0.15, 0.2) is 0 Å². The van der Waals surface area contributed by atoms with Crippen LogP contribution in [0.2, 0.25) is 0 Å². The van der Waals surface area contributed by atoms with E-state index in [-0.39, 0.29) is 0 Å². The molecule has 0 bridgehead atoms. The molecule has 0 aromatic carbocycles. The van der Waals surface area contributed by atoms with Crippen molar-refractivity contribution in [2.45, 2.75) is 95.3 Å². The van der Waals surface area contributed by atoms with E-state index in [1.54, 1.807) is 0 Å². The van der Waals surface area contributed by atoms with E-state index >= 15 is 0 Å². The molecule has 0 amide bonds. The molecular formula is C17H31NO. The van der Waals surface area contributed by atoms with Crippen LogP contribution in [0, 0.1) is 5.92 Å². The minimum atomic E-state index is 0.310. The van der Waals surface area contributed by atoms with Crippen LogP contribution in [0.1, 0.15) is 77.6 Å². The Bertz CT molecular complexity index is 281. The number of ether oxygens (including phenoxy) is 1. The zero-order chi connectivity index (χ0) is 13.1. The summed E-state index contributed by atoms with van der Waals surface area (Å²) in [5, 5.41) is 3.71. The van der Waals surface area contributed by atoms with Crippen LogP contribution in [0.25, 0.3) is 0 Å². The van der Waals surface area contributed by atoms with E-state index in [0.717, 1.165) is 12.0 Å². The van der Waals surface area contributed by atoms with E-state index in [1.165, 1.54) is 77.2 Å². The average Bonchev–Trinajstić information content (AvgIpc) is 2.71. The van der Waals surface area contributed by atoms with E-state index in [9.17, 15) is 0 Å². The molecule has 2 saturated carbocycles. The average molecular weight is 265 g/mol. The predicted octanol–water partition coefficient (Wildman–Crippen LogP) is 4.04. The third kappa shape index (κ3) is 3.52. The Morgan fingerprint density at radius 2 is 1.84 bits per heavy atom. The first-order valence-corrected chi connectivity index (χ1v) is 8.67. The molecule has 0 aromatic heterocycles. The highest BCUT2D eigenvalue weighted by atomic mass is 16.5. The van der Waals surface area contributed by atoms with Crippen LogP contribution >= 0.6 is 0 Å². The van der Waals surface area contributed by atoms with E-state index in [1.807, 2.05) is 0 Å². The second-order valence-corrected chi connectivity index (χ2v) is 7.40. The van der Waals surface area contributed by atoms with Crippen molar-refractivity contribution in [2.24, 2.45) is 5.92 Å². The van der Waals surface area contributed by atoms with E-state index in [0.29, 0.717) is 11.7 Å². The van der Waals surface area contributed by atoms with Crippen LogP contribution in [0.4, 0.5) is 0 Å². The van der Waals surface area contributed by atoms with Crippen LogP contribution in [-0.4, -0.2) is 24.3 Å². The van der Waals surface area contributed by atoms with Crippen molar-refractivity contribution in [3.63, 3.8) is 0 Å². The summed E-state index contributed by atoms with van der Waals surface area (Å²) in [4.78, 5) is 0. The quantitative estimate of drug-likeness (QED) is 0.810. The first kappa shape index (κ1) is 13.9. The van der Waals surface area contributed by atoms with Gasteiger partial charge in [0.1, 0.15) is 0 Å². The third-order valence-corrected chi connectivity index (χ3v) is 5.63. The Balaban J connectivity index is 1.38. The standard InChI is InChI=1S/C17H31NO/c1-14(13-18-15-6-5-7-15)12-16-8-11-17(19-16)9-3-2-4-10-17/h14-16,18H,2-13H2,1H3. The highest BCUT2D eigenvalue weighted by molar-refractivity contribution is 4.91. The molecule has 1 heterocycles. The molecule has 2 aliphatic carbocycles. The molecular weight excluding hydrogens is 234 g/mol. The lowest BCUT2D eigenvalue weighted by Crippen LogP contribution is -2.38. The molecule has 1 spiro atoms. The summed E-state index contributed by atoms with van der Waals surface area (Å²) in [6.07, 6.45) is 15.6. The molecule has 2 unspecified atom stereocenters. The largest absolute Gasteiger partial charge is 0.372 e. The van der Waals surface area contributed by atoms with E-state index in [4.69, 9.17) is 4.74 Å². The van der Waals surface area contributed by atoms with Gasteiger partial charge in [-0.1, -0.05) is 32.6 Å². The summed E-state index contributed by atoms with van der Waals surface area (Å²) in [6.45, 7) is 3.58. The Labute approximate surface area is 118 Å². The van der Waals surface area contributed by atoms with Crippen LogP contribution < -0.4 is 5.32 Å². The lowest BCUT2D eigenvalue weighted by molar-refractivity contribution is -0.0692. The van der Waals surface area contributed by atoms with Crippen LogP contribution in [0.3, 0.4) is 0 Å². The summed E-state index contributed by atoms with van der Waals surface area (Å²) >= 11 is 0. The zero-order valence-electron chi connectivity index (χ0n) is 12.6. The molecule has 1 saturated heterocycles. The van der Waals surface area contributed by atoms with E-state index < -0.39 is 0 Å². The van der Waals surface area contributed by atoms with Gasteiger partial charge in [-0.3, -0.25) is 0 Å². The van der Waals surface area contributed by atoms with E-state index in [2.05, 4.69) is 12.2 Å². The SMILES string of the molecule is CC(CNC1CCC1)CC1CCC2(CCCCC2)O1. The monoisotopic (exact) mass is 265 g/mol. The molecule has 0 aromatic rings. The van der Waals surface area contributed by atoms with Gasteiger partial charge in [0.05, 0.1) is 11.7 Å². The summed E-state index contributed by atoms with van der Waals surface area (Å²) in [5.41, 5.74) is 0.310. The fourth-order valence-corrected chi connectivity index (χ4v) is 4.14. The second-order valence-electron chi connectivity index (χ2n) is 7.40. The van der Waals surface area contributed by atoms with Crippen molar-refractivity contribution >= 4 is 0 Å². The first-order valence-electron chi connectivity index (χ1n) is 8.67. The van der Waals surface area contributed by atoms with Crippen LogP contribution in [0.15, 0.2) is 0 Å². The minimum Gasteiger partial charge on any atom is -0.372 e. The molecule has 19 heavy (non-hydrogen) atoms. The van der Waals surface area contributed by atoms with Crippen molar-refractivity contribution in [3.8, 4) is 0 Å². The number of nitrogens with one attached hydrogen (secondary N) is 1. The molecule has 2 heteroatoms. The maximum Gasteiger partial charge on any atom is 0.0687 e. The highest BCUT2D eigenvalue weighted by Crippen LogP contribution is 2.43. The zero-order valence-corrected chi connectivity index (χ0v) is 12.6. The summed E-state index contributed by atoms with van der Waals surface area (Å²) in [6, 6.07) is 0.830. The lowest BCUT2D eigenvalue weighted by Gasteiger charge is -2.34. The van der Waals surface area contributed by atoms with Gasteiger partial charge in [0.25, 0.3) is 0 Å². The lowest BCUT2D eigenvalue weighted by atomic mass is 9.83. The highest BCUT2D eigenvalue weighted by Gasteiger charge is 2.40. The molecule has 110 valence electrons. The molecule has 1 aliphatic heterocycles. The molecule has 3 rings (SSSR count). The maximum atomic E-state index is 6.48. The smallest absolute Gasteiger partial charge is 0.0687 e. The van der Waals surface area contributed by atoms with Crippen molar-refractivity contribution in [1.82, 2.24) is 5.32 Å². The second kappa shape index (κ2) is 6.13. The Morgan fingerprint density at radius 3 is 2.53 bits per heavy atom. The predicted molar refractivity (Wildman–Crippen MR) is 79.3 cm³/mol. The minimum absolute atomic E-state index is 0.310. The van der Waals surface area contributed by atoms with Gasteiger partial charge in [0, 0.05) is 6.04 Å². The summed E-state index contributed by atoms with van der Waals surface area (Å²) in [5.74, 6) is 0.768. The first-order chi connectivity index (χ1) is 9.26.